The number of nitrogen functional groups attached to an aromatic ring is 1. The quantitative estimate of drug-likeness (QED) is 0.105. The molecule has 0 aliphatic heterocycles. The highest BCUT2D eigenvalue weighted by Crippen LogP contribution is 2.17. The van der Waals surface area contributed by atoms with Crippen molar-refractivity contribution in [1.29, 1.82) is 5.41 Å². The maximum Gasteiger partial charge on any atom is 0.422 e. The molecule has 188 valence electrons. The first kappa shape index (κ1) is 26.4. The fourth-order valence-corrected chi connectivity index (χ4v) is 3.11. The molecule has 3 aromatic carbocycles. The zero-order valence-electron chi connectivity index (χ0n) is 19.7. The van der Waals surface area contributed by atoms with E-state index in [0.29, 0.717) is 11.1 Å². The van der Waals surface area contributed by atoms with E-state index in [1.807, 2.05) is 0 Å². The summed E-state index contributed by atoms with van der Waals surface area (Å²) in [7, 11) is 0. The molecule has 37 heavy (non-hydrogen) atoms. The lowest BCUT2D eigenvalue weighted by molar-refractivity contribution is -0.136. The second kappa shape index (κ2) is 11.9. The Morgan fingerprint density at radius 1 is 0.919 bits per heavy atom. The number of carbonyl (C=O) groups excluding carboxylic acids is 3. The predicted molar refractivity (Wildman–Crippen MR) is 135 cm³/mol. The SMILES string of the molecule is CC(=Cc1ccc(C(=O)Oc2ccc(C(=N)N)cc2)cc1)C(=O)OC(=O)N(CC(=O)O)c1ccccc1. The molecule has 3 aromatic rings. The molecule has 3 rings (SSSR count). The number of carboxylic acids is 1. The number of rotatable bonds is 8. The molecule has 0 bridgehead atoms. The van der Waals surface area contributed by atoms with Gasteiger partial charge in [0.05, 0.1) is 5.56 Å². The highest BCUT2D eigenvalue weighted by atomic mass is 16.6. The first-order chi connectivity index (χ1) is 17.6. The molecule has 10 nitrogen and oxygen atoms in total. The van der Waals surface area contributed by atoms with Gasteiger partial charge in [-0.15, -0.1) is 0 Å². The molecule has 0 spiro atoms. The third kappa shape index (κ3) is 7.36. The van der Waals surface area contributed by atoms with E-state index in [4.69, 9.17) is 25.7 Å². The van der Waals surface area contributed by atoms with Gasteiger partial charge in [0.15, 0.2) is 0 Å². The van der Waals surface area contributed by atoms with Crippen LogP contribution in [-0.2, 0) is 14.3 Å². The molecule has 4 N–H and O–H groups in total. The number of amides is 1. The summed E-state index contributed by atoms with van der Waals surface area (Å²) in [6, 6.07) is 20.3. The van der Waals surface area contributed by atoms with Gasteiger partial charge in [0.25, 0.3) is 0 Å². The van der Waals surface area contributed by atoms with Gasteiger partial charge in [-0.2, -0.15) is 0 Å². The van der Waals surface area contributed by atoms with Gasteiger partial charge in [0, 0.05) is 16.8 Å². The van der Waals surface area contributed by atoms with Crippen molar-refractivity contribution in [2.45, 2.75) is 6.92 Å². The molecule has 0 aliphatic carbocycles. The van der Waals surface area contributed by atoms with Crippen molar-refractivity contribution in [3.8, 4) is 5.75 Å². The van der Waals surface area contributed by atoms with Crippen molar-refractivity contribution in [1.82, 2.24) is 0 Å². The number of para-hydroxylation sites is 1. The summed E-state index contributed by atoms with van der Waals surface area (Å²) in [6.45, 7) is 0.754. The number of esters is 2. The van der Waals surface area contributed by atoms with Crippen molar-refractivity contribution in [3.05, 3.63) is 101 Å². The molecule has 0 aromatic heterocycles. The van der Waals surface area contributed by atoms with E-state index in [-0.39, 0.29) is 28.4 Å². The number of nitrogens with one attached hydrogen (secondary N) is 1. The van der Waals surface area contributed by atoms with E-state index in [2.05, 4.69) is 0 Å². The summed E-state index contributed by atoms with van der Waals surface area (Å²) in [4.78, 5) is 49.3. The van der Waals surface area contributed by atoms with Gasteiger partial charge in [-0.25, -0.2) is 14.4 Å². The number of nitrogens with zero attached hydrogens (tertiary/aromatic N) is 1. The lowest BCUT2D eigenvalue weighted by Gasteiger charge is -2.19. The summed E-state index contributed by atoms with van der Waals surface area (Å²) in [5.41, 5.74) is 7.06. The summed E-state index contributed by atoms with van der Waals surface area (Å²) in [6.07, 6.45) is 0.329. The standard InChI is InChI=1S/C27H23N3O7/c1-17(25(33)37-27(35)30(16-23(31)32)21-5-3-2-4-6-21)15-18-7-9-20(10-8-18)26(34)36-22-13-11-19(12-14-22)24(28)29/h2-15H,16H2,1H3,(H3,28,29)(H,31,32). The van der Waals surface area contributed by atoms with Crippen molar-refractivity contribution in [3.63, 3.8) is 0 Å². The van der Waals surface area contributed by atoms with Gasteiger partial charge in [-0.3, -0.25) is 15.1 Å². The monoisotopic (exact) mass is 501 g/mol. The van der Waals surface area contributed by atoms with E-state index in [1.165, 1.54) is 49.4 Å². The molecule has 0 atom stereocenters. The van der Waals surface area contributed by atoms with E-state index in [9.17, 15) is 19.2 Å². The maximum absolute atomic E-state index is 12.5. The minimum atomic E-state index is -1.27. The average Bonchev–Trinajstić information content (AvgIpc) is 2.88. The summed E-state index contributed by atoms with van der Waals surface area (Å²) in [5.74, 6) is -2.64. The molecule has 0 saturated carbocycles. The number of benzene rings is 3. The Morgan fingerprint density at radius 2 is 1.51 bits per heavy atom. The smallest absolute Gasteiger partial charge is 0.422 e. The van der Waals surface area contributed by atoms with Crippen LogP contribution in [-0.4, -0.2) is 41.5 Å². The Hall–Kier alpha value is -5.25. The number of carboxylic acid groups (broad SMARTS) is 1. The van der Waals surface area contributed by atoms with Gasteiger partial charge in [0.2, 0.25) is 0 Å². The van der Waals surface area contributed by atoms with Crippen molar-refractivity contribution >= 4 is 41.6 Å². The highest BCUT2D eigenvalue weighted by Gasteiger charge is 2.23. The molecule has 0 aliphatic rings. The average molecular weight is 501 g/mol. The number of hydrogen-bond donors (Lipinski definition) is 3. The largest absolute Gasteiger partial charge is 0.480 e. The lowest BCUT2D eigenvalue weighted by Crippen LogP contribution is -2.37. The molecule has 0 radical (unpaired) electrons. The van der Waals surface area contributed by atoms with Crippen LogP contribution in [0.4, 0.5) is 10.5 Å². The Bertz CT molecular complexity index is 1350. The third-order valence-electron chi connectivity index (χ3n) is 4.99. The highest BCUT2D eigenvalue weighted by molar-refractivity contribution is 6.04. The number of carbonyl (C=O) groups is 4. The number of hydrogen-bond acceptors (Lipinski definition) is 7. The number of amidine groups is 1. The molecule has 0 unspecified atom stereocenters. The second-order valence-corrected chi connectivity index (χ2v) is 7.75. The van der Waals surface area contributed by atoms with Crippen molar-refractivity contribution in [2.24, 2.45) is 5.73 Å². The molecular weight excluding hydrogens is 478 g/mol. The second-order valence-electron chi connectivity index (χ2n) is 7.75. The zero-order valence-corrected chi connectivity index (χ0v) is 19.7. The summed E-state index contributed by atoms with van der Waals surface area (Å²) in [5, 5.41) is 16.5. The molecule has 0 fully saturated rings. The van der Waals surface area contributed by atoms with Gasteiger partial charge < -0.3 is 20.3 Å². The zero-order chi connectivity index (χ0) is 26.9. The lowest BCUT2D eigenvalue weighted by atomic mass is 10.1. The van der Waals surface area contributed by atoms with Gasteiger partial charge in [-0.05, 0) is 67.1 Å². The fourth-order valence-electron chi connectivity index (χ4n) is 3.11. The summed E-state index contributed by atoms with van der Waals surface area (Å²) < 4.78 is 10.2. The Labute approximate surface area is 212 Å². The van der Waals surface area contributed by atoms with Crippen LogP contribution in [0.3, 0.4) is 0 Å². The minimum absolute atomic E-state index is 0.0811. The van der Waals surface area contributed by atoms with Crippen LogP contribution >= 0.6 is 0 Å². The normalized spacial score (nSPS) is 10.8. The number of nitrogens with two attached hydrogens (primary N) is 1. The fraction of sp³-hybridized carbons (Fsp3) is 0.0741. The van der Waals surface area contributed by atoms with E-state index >= 15 is 0 Å². The van der Waals surface area contributed by atoms with Crippen LogP contribution in [0.1, 0.15) is 28.4 Å². The van der Waals surface area contributed by atoms with Crippen LogP contribution < -0.4 is 15.4 Å². The molecule has 10 heteroatoms. The number of ether oxygens (including phenoxy) is 2. The first-order valence-electron chi connectivity index (χ1n) is 10.9. The number of anilines is 1. The Morgan fingerprint density at radius 3 is 2.08 bits per heavy atom. The van der Waals surface area contributed by atoms with Crippen molar-refractivity contribution in [2.75, 3.05) is 11.4 Å². The Kier molecular flexibility index (Phi) is 8.50. The summed E-state index contributed by atoms with van der Waals surface area (Å²) >= 11 is 0. The number of aliphatic carboxylic acids is 1. The molecule has 1 amide bonds. The Balaban J connectivity index is 1.64. The molecular formula is C27H23N3O7. The first-order valence-corrected chi connectivity index (χ1v) is 10.9. The van der Waals surface area contributed by atoms with E-state index in [1.54, 1.807) is 42.5 Å². The van der Waals surface area contributed by atoms with Crippen LogP contribution in [0.2, 0.25) is 0 Å². The van der Waals surface area contributed by atoms with Gasteiger partial charge in [0.1, 0.15) is 18.1 Å². The van der Waals surface area contributed by atoms with E-state index in [0.717, 1.165) is 4.90 Å². The van der Waals surface area contributed by atoms with Gasteiger partial charge >= 0.3 is 24.0 Å². The third-order valence-corrected chi connectivity index (χ3v) is 4.99. The van der Waals surface area contributed by atoms with Crippen LogP contribution in [0.15, 0.2) is 84.4 Å². The van der Waals surface area contributed by atoms with Crippen molar-refractivity contribution < 1.29 is 33.8 Å². The predicted octanol–water partition coefficient (Wildman–Crippen LogP) is 3.85. The molecule has 0 heterocycles. The molecule has 0 saturated heterocycles. The van der Waals surface area contributed by atoms with Crippen LogP contribution in [0.5, 0.6) is 5.75 Å². The van der Waals surface area contributed by atoms with Gasteiger partial charge in [-0.1, -0.05) is 30.3 Å². The van der Waals surface area contributed by atoms with Crippen LogP contribution in [0, 0.1) is 5.41 Å². The van der Waals surface area contributed by atoms with Crippen LogP contribution in [0.25, 0.3) is 6.08 Å². The minimum Gasteiger partial charge on any atom is -0.480 e. The van der Waals surface area contributed by atoms with E-state index < -0.39 is 30.5 Å². The topological polar surface area (TPSA) is 160 Å². The maximum atomic E-state index is 12.5.